The summed E-state index contributed by atoms with van der Waals surface area (Å²) in [6, 6.07) is 7.50. The standard InChI is InChI=1S/C14H13NO4S/c1-8-5-3-4-6-10(8)19-7-11-15-12(9(2)16)13(20-11)14(17)18/h3-6H,7H2,1-2H3,(H,17,18). The second-order valence-corrected chi connectivity index (χ2v) is 5.28. The van der Waals surface area contributed by atoms with Crippen molar-refractivity contribution in [1.29, 1.82) is 0 Å². The van der Waals surface area contributed by atoms with E-state index in [9.17, 15) is 9.59 Å². The van der Waals surface area contributed by atoms with Crippen LogP contribution in [0.25, 0.3) is 0 Å². The highest BCUT2D eigenvalue weighted by Crippen LogP contribution is 2.22. The topological polar surface area (TPSA) is 76.5 Å². The van der Waals surface area contributed by atoms with E-state index in [0.29, 0.717) is 10.8 Å². The first kappa shape index (κ1) is 14.2. The molecule has 0 amide bonds. The van der Waals surface area contributed by atoms with Crippen molar-refractivity contribution in [3.63, 3.8) is 0 Å². The summed E-state index contributed by atoms with van der Waals surface area (Å²) in [6.07, 6.45) is 0. The average molecular weight is 291 g/mol. The maximum atomic E-state index is 11.4. The number of carbonyl (C=O) groups excluding carboxylic acids is 1. The van der Waals surface area contributed by atoms with Crippen LogP contribution in [-0.4, -0.2) is 21.8 Å². The van der Waals surface area contributed by atoms with Gasteiger partial charge in [0.1, 0.15) is 27.9 Å². The van der Waals surface area contributed by atoms with E-state index in [4.69, 9.17) is 9.84 Å². The van der Waals surface area contributed by atoms with Gasteiger partial charge in [-0.2, -0.15) is 0 Å². The van der Waals surface area contributed by atoms with E-state index in [1.165, 1.54) is 6.92 Å². The van der Waals surface area contributed by atoms with Crippen LogP contribution < -0.4 is 4.74 Å². The van der Waals surface area contributed by atoms with Gasteiger partial charge in [0.05, 0.1) is 0 Å². The van der Waals surface area contributed by atoms with Gasteiger partial charge in [-0.25, -0.2) is 9.78 Å². The number of hydrogen-bond acceptors (Lipinski definition) is 5. The van der Waals surface area contributed by atoms with Crippen LogP contribution >= 0.6 is 11.3 Å². The molecule has 2 aromatic rings. The van der Waals surface area contributed by atoms with Gasteiger partial charge in [0.25, 0.3) is 0 Å². The SMILES string of the molecule is CC(=O)c1nc(COc2ccccc2C)sc1C(=O)O. The highest BCUT2D eigenvalue weighted by atomic mass is 32.1. The molecule has 1 aromatic heterocycles. The number of carbonyl (C=O) groups is 2. The molecule has 0 fully saturated rings. The van der Waals surface area contributed by atoms with Crippen molar-refractivity contribution in [3.05, 3.63) is 45.4 Å². The molecule has 0 aliphatic rings. The summed E-state index contributed by atoms with van der Waals surface area (Å²) >= 11 is 0.965. The molecule has 0 aliphatic carbocycles. The van der Waals surface area contributed by atoms with Gasteiger partial charge < -0.3 is 9.84 Å². The quantitative estimate of drug-likeness (QED) is 0.857. The van der Waals surface area contributed by atoms with Gasteiger partial charge >= 0.3 is 5.97 Å². The lowest BCUT2D eigenvalue weighted by atomic mass is 10.2. The van der Waals surface area contributed by atoms with Crippen molar-refractivity contribution in [2.24, 2.45) is 0 Å². The van der Waals surface area contributed by atoms with E-state index in [1.807, 2.05) is 31.2 Å². The number of para-hydroxylation sites is 1. The molecule has 2 rings (SSSR count). The Kier molecular flexibility index (Phi) is 4.14. The molecule has 0 radical (unpaired) electrons. The molecule has 0 saturated heterocycles. The fourth-order valence-electron chi connectivity index (χ4n) is 1.67. The van der Waals surface area contributed by atoms with Crippen LogP contribution in [0.15, 0.2) is 24.3 Å². The van der Waals surface area contributed by atoms with Gasteiger partial charge in [-0.1, -0.05) is 18.2 Å². The summed E-state index contributed by atoms with van der Waals surface area (Å²) in [7, 11) is 0. The minimum Gasteiger partial charge on any atom is -0.486 e. The molecule has 20 heavy (non-hydrogen) atoms. The Labute approximate surface area is 119 Å². The number of carboxylic acids is 1. The highest BCUT2D eigenvalue weighted by molar-refractivity contribution is 7.13. The van der Waals surface area contributed by atoms with Crippen molar-refractivity contribution in [2.75, 3.05) is 0 Å². The zero-order chi connectivity index (χ0) is 14.7. The first-order chi connectivity index (χ1) is 9.49. The van der Waals surface area contributed by atoms with E-state index >= 15 is 0 Å². The molecule has 0 saturated carbocycles. The van der Waals surface area contributed by atoms with Crippen LogP contribution in [-0.2, 0) is 6.61 Å². The number of ketones is 1. The molecule has 0 atom stereocenters. The second kappa shape index (κ2) is 5.83. The molecule has 0 spiro atoms. The molecule has 0 bridgehead atoms. The van der Waals surface area contributed by atoms with Crippen LogP contribution in [0.2, 0.25) is 0 Å². The fourth-order valence-corrected chi connectivity index (χ4v) is 2.53. The van der Waals surface area contributed by atoms with Crippen molar-refractivity contribution >= 4 is 23.1 Å². The lowest BCUT2D eigenvalue weighted by Gasteiger charge is -2.06. The molecular weight excluding hydrogens is 278 g/mol. The molecule has 1 aromatic carbocycles. The molecule has 0 aliphatic heterocycles. The monoisotopic (exact) mass is 291 g/mol. The summed E-state index contributed by atoms with van der Waals surface area (Å²) < 4.78 is 5.59. The number of benzene rings is 1. The Morgan fingerprint density at radius 1 is 1.35 bits per heavy atom. The number of nitrogens with zero attached hydrogens (tertiary/aromatic N) is 1. The Bertz CT molecular complexity index is 631. The Balaban J connectivity index is 2.19. The minimum absolute atomic E-state index is 0.00844. The molecule has 1 heterocycles. The van der Waals surface area contributed by atoms with Crippen molar-refractivity contribution in [1.82, 2.24) is 4.98 Å². The normalized spacial score (nSPS) is 10.3. The Morgan fingerprint density at radius 3 is 2.60 bits per heavy atom. The summed E-state index contributed by atoms with van der Waals surface area (Å²) in [5, 5.41) is 9.50. The van der Waals surface area contributed by atoms with Gasteiger partial charge in [-0.15, -0.1) is 11.3 Å². The van der Waals surface area contributed by atoms with E-state index in [2.05, 4.69) is 4.98 Å². The van der Waals surface area contributed by atoms with Gasteiger partial charge in [-0.3, -0.25) is 4.79 Å². The van der Waals surface area contributed by atoms with E-state index in [-0.39, 0.29) is 23.0 Å². The third-order valence-electron chi connectivity index (χ3n) is 2.64. The molecule has 104 valence electrons. The summed E-state index contributed by atoms with van der Waals surface area (Å²) in [5.41, 5.74) is 0.972. The third kappa shape index (κ3) is 3.03. The first-order valence-corrected chi connectivity index (χ1v) is 6.73. The number of aromatic nitrogens is 1. The predicted molar refractivity (Wildman–Crippen MR) is 74.6 cm³/mol. The third-order valence-corrected chi connectivity index (χ3v) is 3.66. The number of carboxylic acid groups (broad SMARTS) is 1. The number of thiazole rings is 1. The highest BCUT2D eigenvalue weighted by Gasteiger charge is 2.20. The van der Waals surface area contributed by atoms with Crippen LogP contribution in [0.5, 0.6) is 5.75 Å². The fraction of sp³-hybridized carbons (Fsp3) is 0.214. The van der Waals surface area contributed by atoms with Crippen molar-refractivity contribution in [2.45, 2.75) is 20.5 Å². The zero-order valence-corrected chi connectivity index (χ0v) is 11.9. The van der Waals surface area contributed by atoms with Crippen LogP contribution in [0.1, 0.15) is 37.7 Å². The van der Waals surface area contributed by atoms with Gasteiger partial charge in [0.15, 0.2) is 5.78 Å². The maximum Gasteiger partial charge on any atom is 0.348 e. The Morgan fingerprint density at radius 2 is 2.05 bits per heavy atom. The maximum absolute atomic E-state index is 11.4. The Hall–Kier alpha value is -2.21. The molecule has 5 nitrogen and oxygen atoms in total. The molecule has 6 heteroatoms. The number of hydrogen-bond donors (Lipinski definition) is 1. The number of rotatable bonds is 5. The molecule has 1 N–H and O–H groups in total. The predicted octanol–water partition coefficient (Wildman–Crippen LogP) is 2.93. The van der Waals surface area contributed by atoms with Crippen LogP contribution in [0.3, 0.4) is 0 Å². The minimum atomic E-state index is -1.14. The van der Waals surface area contributed by atoms with E-state index in [1.54, 1.807) is 0 Å². The van der Waals surface area contributed by atoms with Crippen molar-refractivity contribution in [3.8, 4) is 5.75 Å². The lowest BCUT2D eigenvalue weighted by Crippen LogP contribution is -2.03. The van der Waals surface area contributed by atoms with E-state index in [0.717, 1.165) is 16.9 Å². The van der Waals surface area contributed by atoms with Gasteiger partial charge in [0, 0.05) is 6.92 Å². The molecular formula is C14H13NO4S. The number of aromatic carboxylic acids is 1. The smallest absolute Gasteiger partial charge is 0.348 e. The van der Waals surface area contributed by atoms with Gasteiger partial charge in [0.2, 0.25) is 0 Å². The van der Waals surface area contributed by atoms with Crippen molar-refractivity contribution < 1.29 is 19.4 Å². The second-order valence-electron chi connectivity index (χ2n) is 4.20. The van der Waals surface area contributed by atoms with Crippen LogP contribution in [0, 0.1) is 6.92 Å². The van der Waals surface area contributed by atoms with Crippen LogP contribution in [0.4, 0.5) is 0 Å². The zero-order valence-electron chi connectivity index (χ0n) is 11.0. The lowest BCUT2D eigenvalue weighted by molar-refractivity contribution is 0.0697. The largest absolute Gasteiger partial charge is 0.486 e. The summed E-state index contributed by atoms with van der Waals surface area (Å²) in [5.74, 6) is -0.792. The first-order valence-electron chi connectivity index (χ1n) is 5.91. The van der Waals surface area contributed by atoms with E-state index < -0.39 is 5.97 Å². The van der Waals surface area contributed by atoms with Gasteiger partial charge in [-0.05, 0) is 18.6 Å². The molecule has 0 unspecified atom stereocenters. The summed E-state index contributed by atoms with van der Waals surface area (Å²) in [4.78, 5) is 26.4. The summed E-state index contributed by atoms with van der Waals surface area (Å²) in [6.45, 7) is 3.36. The average Bonchev–Trinajstić information content (AvgIpc) is 2.82. The number of Topliss-reactive ketones (excluding diaryl/α,β-unsaturated/α-hetero) is 1. The number of aryl methyl sites for hydroxylation is 1. The number of ether oxygens (including phenoxy) is 1.